The van der Waals surface area contributed by atoms with Gasteiger partial charge in [0, 0.05) is 46.0 Å². The summed E-state index contributed by atoms with van der Waals surface area (Å²) < 4.78 is 17.6. The molecular formula is C21H30N4O2S. The number of aromatic nitrogens is 1. The van der Waals surface area contributed by atoms with E-state index in [-0.39, 0.29) is 0 Å². The van der Waals surface area contributed by atoms with Crippen LogP contribution in [0.15, 0.2) is 45.9 Å². The average Bonchev–Trinajstić information content (AvgIpc) is 3.21. The third-order valence-electron chi connectivity index (χ3n) is 4.98. The standard InChI is InChI=1S/C21H30N4O2S/c1-3-22-21(24-17-11-8-12-19(13-17)28(26)4-2)23-15-18-14-20(27-25-18)16-9-6-5-7-10-16/h5-7,9-10,14,17,19H,3-4,8,11-13,15H2,1-2H3,(H2,22,23,24). The second-order valence-corrected chi connectivity index (χ2v) is 9.05. The van der Waals surface area contributed by atoms with Gasteiger partial charge in [0.25, 0.3) is 0 Å². The molecule has 3 unspecified atom stereocenters. The summed E-state index contributed by atoms with van der Waals surface area (Å²) in [4.78, 5) is 4.67. The van der Waals surface area contributed by atoms with Gasteiger partial charge in [-0.05, 0) is 26.2 Å². The maximum atomic E-state index is 12.2. The van der Waals surface area contributed by atoms with Gasteiger partial charge in [-0.3, -0.25) is 4.21 Å². The molecule has 0 aliphatic heterocycles. The van der Waals surface area contributed by atoms with E-state index in [1.54, 1.807) is 0 Å². The third kappa shape index (κ3) is 5.67. The van der Waals surface area contributed by atoms with E-state index in [4.69, 9.17) is 4.52 Å². The fourth-order valence-electron chi connectivity index (χ4n) is 3.55. The summed E-state index contributed by atoms with van der Waals surface area (Å²) in [5.41, 5.74) is 1.80. The summed E-state index contributed by atoms with van der Waals surface area (Å²) in [6.07, 6.45) is 4.20. The minimum Gasteiger partial charge on any atom is -0.357 e. The van der Waals surface area contributed by atoms with Gasteiger partial charge in [-0.2, -0.15) is 0 Å². The summed E-state index contributed by atoms with van der Waals surface area (Å²) in [5, 5.41) is 11.3. The highest BCUT2D eigenvalue weighted by Gasteiger charge is 2.26. The molecule has 0 spiro atoms. The first-order valence-electron chi connectivity index (χ1n) is 10.1. The van der Waals surface area contributed by atoms with Crippen LogP contribution in [0.1, 0.15) is 45.2 Å². The summed E-state index contributed by atoms with van der Waals surface area (Å²) in [6.45, 7) is 5.29. The Morgan fingerprint density at radius 3 is 2.86 bits per heavy atom. The van der Waals surface area contributed by atoms with Crippen LogP contribution >= 0.6 is 0 Å². The van der Waals surface area contributed by atoms with E-state index in [1.165, 1.54) is 0 Å². The Kier molecular flexibility index (Phi) is 7.65. The molecule has 2 N–H and O–H groups in total. The molecule has 6 nitrogen and oxygen atoms in total. The van der Waals surface area contributed by atoms with Crippen molar-refractivity contribution in [1.29, 1.82) is 0 Å². The third-order valence-corrected chi connectivity index (χ3v) is 6.72. The van der Waals surface area contributed by atoms with Crippen LogP contribution < -0.4 is 10.6 Å². The van der Waals surface area contributed by atoms with Gasteiger partial charge in [-0.15, -0.1) is 0 Å². The van der Waals surface area contributed by atoms with E-state index >= 15 is 0 Å². The van der Waals surface area contributed by atoms with Crippen molar-refractivity contribution >= 4 is 16.8 Å². The lowest BCUT2D eigenvalue weighted by atomic mass is 9.95. The SMILES string of the molecule is CCNC(=NCc1cc(-c2ccccc2)on1)NC1CCCC(S(=O)CC)C1. The van der Waals surface area contributed by atoms with Gasteiger partial charge in [-0.1, -0.05) is 48.8 Å². The molecule has 1 aliphatic carbocycles. The normalized spacial score (nSPS) is 21.3. The van der Waals surface area contributed by atoms with Gasteiger partial charge in [0.1, 0.15) is 5.69 Å². The molecule has 3 rings (SSSR count). The Morgan fingerprint density at radius 2 is 2.11 bits per heavy atom. The molecule has 0 radical (unpaired) electrons. The summed E-state index contributed by atoms with van der Waals surface area (Å²) in [6, 6.07) is 12.2. The molecule has 2 aromatic rings. The lowest BCUT2D eigenvalue weighted by molar-refractivity contribution is 0.412. The first-order valence-corrected chi connectivity index (χ1v) is 11.5. The average molecular weight is 403 g/mol. The molecule has 28 heavy (non-hydrogen) atoms. The Hall–Kier alpha value is -2.15. The van der Waals surface area contributed by atoms with Crippen LogP contribution in [0.5, 0.6) is 0 Å². The van der Waals surface area contributed by atoms with Crippen LogP contribution in [-0.2, 0) is 17.3 Å². The van der Waals surface area contributed by atoms with Gasteiger partial charge < -0.3 is 15.2 Å². The lowest BCUT2D eigenvalue weighted by Crippen LogP contribution is -2.46. The van der Waals surface area contributed by atoms with Crippen LogP contribution in [0.4, 0.5) is 0 Å². The molecule has 3 atom stereocenters. The van der Waals surface area contributed by atoms with Gasteiger partial charge in [0.2, 0.25) is 0 Å². The number of benzene rings is 1. The molecular weight excluding hydrogens is 372 g/mol. The van der Waals surface area contributed by atoms with Crippen molar-refractivity contribution in [2.75, 3.05) is 12.3 Å². The minimum atomic E-state index is -0.724. The second-order valence-electron chi connectivity index (χ2n) is 7.04. The molecule has 1 fully saturated rings. The Labute approximate surface area is 169 Å². The van der Waals surface area contributed by atoms with E-state index in [0.29, 0.717) is 17.8 Å². The zero-order chi connectivity index (χ0) is 19.8. The van der Waals surface area contributed by atoms with E-state index in [9.17, 15) is 4.21 Å². The fourth-order valence-corrected chi connectivity index (χ4v) is 4.90. The Bertz CT molecular complexity index is 791. The molecule has 1 aromatic carbocycles. The number of rotatable bonds is 7. The molecule has 0 bridgehead atoms. The maximum absolute atomic E-state index is 12.2. The van der Waals surface area contributed by atoms with Crippen molar-refractivity contribution in [2.24, 2.45) is 4.99 Å². The second kappa shape index (κ2) is 10.4. The molecule has 0 amide bonds. The van der Waals surface area contributed by atoms with E-state index < -0.39 is 10.8 Å². The number of hydrogen-bond acceptors (Lipinski definition) is 4. The number of nitrogens with one attached hydrogen (secondary N) is 2. The van der Waals surface area contributed by atoms with Crippen LogP contribution in [0.3, 0.4) is 0 Å². The van der Waals surface area contributed by atoms with Crippen molar-refractivity contribution in [3.63, 3.8) is 0 Å². The zero-order valence-electron chi connectivity index (χ0n) is 16.7. The highest BCUT2D eigenvalue weighted by atomic mass is 32.2. The molecule has 152 valence electrons. The van der Waals surface area contributed by atoms with Gasteiger partial charge in [-0.25, -0.2) is 4.99 Å². The molecule has 7 heteroatoms. The predicted molar refractivity (Wildman–Crippen MR) is 115 cm³/mol. The summed E-state index contributed by atoms with van der Waals surface area (Å²) in [7, 11) is -0.724. The lowest BCUT2D eigenvalue weighted by Gasteiger charge is -2.30. The van der Waals surface area contributed by atoms with Crippen molar-refractivity contribution in [3.8, 4) is 11.3 Å². The molecule has 1 aromatic heterocycles. The number of guanidine groups is 1. The van der Waals surface area contributed by atoms with E-state index in [0.717, 1.165) is 61.0 Å². The van der Waals surface area contributed by atoms with Crippen molar-refractivity contribution in [3.05, 3.63) is 42.1 Å². The van der Waals surface area contributed by atoms with E-state index in [2.05, 4.69) is 27.7 Å². The van der Waals surface area contributed by atoms with Gasteiger partial charge >= 0.3 is 0 Å². The monoisotopic (exact) mass is 402 g/mol. The van der Waals surface area contributed by atoms with Crippen LogP contribution in [0, 0.1) is 0 Å². The largest absolute Gasteiger partial charge is 0.357 e. The van der Waals surface area contributed by atoms with Crippen molar-refractivity contribution in [1.82, 2.24) is 15.8 Å². The maximum Gasteiger partial charge on any atom is 0.191 e. The van der Waals surface area contributed by atoms with Gasteiger partial charge in [0.05, 0.1) is 6.54 Å². The Morgan fingerprint density at radius 1 is 1.29 bits per heavy atom. The molecule has 1 saturated carbocycles. The molecule has 1 heterocycles. The molecule has 0 saturated heterocycles. The zero-order valence-corrected chi connectivity index (χ0v) is 17.5. The smallest absolute Gasteiger partial charge is 0.191 e. The first kappa shape index (κ1) is 20.6. The fraction of sp³-hybridized carbons (Fsp3) is 0.524. The number of aliphatic imine (C=N–C) groups is 1. The van der Waals surface area contributed by atoms with Crippen molar-refractivity contribution < 1.29 is 8.73 Å². The first-order chi connectivity index (χ1) is 13.7. The topological polar surface area (TPSA) is 79.5 Å². The van der Waals surface area contributed by atoms with E-state index in [1.807, 2.05) is 43.3 Å². The summed E-state index contributed by atoms with van der Waals surface area (Å²) in [5.74, 6) is 2.27. The van der Waals surface area contributed by atoms with Crippen LogP contribution in [-0.4, -0.2) is 38.9 Å². The highest BCUT2D eigenvalue weighted by Crippen LogP contribution is 2.23. The number of hydrogen-bond donors (Lipinski definition) is 2. The summed E-state index contributed by atoms with van der Waals surface area (Å²) >= 11 is 0. The quantitative estimate of drug-likeness (QED) is 0.548. The number of nitrogens with zero attached hydrogens (tertiary/aromatic N) is 2. The Balaban J connectivity index is 1.61. The highest BCUT2D eigenvalue weighted by molar-refractivity contribution is 7.85. The van der Waals surface area contributed by atoms with Gasteiger partial charge in [0.15, 0.2) is 11.7 Å². The minimum absolute atomic E-state index is 0.295. The van der Waals surface area contributed by atoms with Crippen LogP contribution in [0.2, 0.25) is 0 Å². The molecule has 1 aliphatic rings. The predicted octanol–water partition coefficient (Wildman–Crippen LogP) is 3.48. The van der Waals surface area contributed by atoms with Crippen LogP contribution in [0.25, 0.3) is 11.3 Å². The van der Waals surface area contributed by atoms with Crippen molar-refractivity contribution in [2.45, 2.75) is 57.4 Å².